The zero-order valence-corrected chi connectivity index (χ0v) is 10.2. The summed E-state index contributed by atoms with van der Waals surface area (Å²) in [6.45, 7) is 1.92. The Morgan fingerprint density at radius 2 is 2.11 bits per heavy atom. The van der Waals surface area contributed by atoms with Gasteiger partial charge in [0.1, 0.15) is 5.69 Å². The Morgan fingerprint density at radius 1 is 1.32 bits per heavy atom. The highest BCUT2D eigenvalue weighted by Gasteiger charge is 2.19. The predicted octanol–water partition coefficient (Wildman–Crippen LogP) is 0.574. The number of carbonyl (C=O) groups excluding carboxylic acids is 2. The molecular formula is C12H13N5O2. The Balaban J connectivity index is 2.21. The summed E-state index contributed by atoms with van der Waals surface area (Å²) in [5, 5.41) is 2.67. The standard InChI is InChI=1S/C12H13N5O2/c1-7-3-2-4-8(5-7)16-11(18)9-10(12(19)17-13)15-6-14-9/h2-6H,13H2,1H3,(H,14,15)(H,16,18)(H,17,19). The van der Waals surface area contributed by atoms with Gasteiger partial charge in [0.15, 0.2) is 5.69 Å². The molecule has 0 aliphatic rings. The lowest BCUT2D eigenvalue weighted by Gasteiger charge is -2.05. The number of aromatic amines is 1. The monoisotopic (exact) mass is 259 g/mol. The molecule has 0 bridgehead atoms. The van der Waals surface area contributed by atoms with Crippen LogP contribution in [0.1, 0.15) is 26.5 Å². The summed E-state index contributed by atoms with van der Waals surface area (Å²) in [4.78, 5) is 29.8. The first kappa shape index (κ1) is 12.8. The van der Waals surface area contributed by atoms with Crippen LogP contribution in [0, 0.1) is 6.92 Å². The number of anilines is 1. The van der Waals surface area contributed by atoms with Crippen LogP contribution in [-0.4, -0.2) is 21.8 Å². The molecule has 0 aliphatic carbocycles. The third-order valence-electron chi connectivity index (χ3n) is 2.49. The number of nitrogen functional groups attached to an aromatic ring is 1. The van der Waals surface area contributed by atoms with E-state index < -0.39 is 11.8 Å². The zero-order valence-electron chi connectivity index (χ0n) is 10.2. The molecule has 7 heteroatoms. The first-order valence-corrected chi connectivity index (χ1v) is 5.54. The molecule has 1 aromatic heterocycles. The summed E-state index contributed by atoms with van der Waals surface area (Å²) in [6, 6.07) is 7.31. The van der Waals surface area contributed by atoms with Gasteiger partial charge in [0.05, 0.1) is 6.33 Å². The van der Waals surface area contributed by atoms with E-state index in [4.69, 9.17) is 5.84 Å². The molecule has 0 fully saturated rings. The SMILES string of the molecule is Cc1cccc(NC(=O)c2[nH]cnc2C(=O)NN)c1. The third-order valence-corrected chi connectivity index (χ3v) is 2.49. The highest BCUT2D eigenvalue weighted by molar-refractivity contribution is 6.09. The first-order chi connectivity index (χ1) is 9.11. The van der Waals surface area contributed by atoms with Gasteiger partial charge in [-0.05, 0) is 24.6 Å². The van der Waals surface area contributed by atoms with Crippen LogP contribution in [0.2, 0.25) is 0 Å². The molecule has 0 atom stereocenters. The number of amides is 2. The van der Waals surface area contributed by atoms with Crippen LogP contribution in [0.4, 0.5) is 5.69 Å². The van der Waals surface area contributed by atoms with Crippen molar-refractivity contribution in [2.75, 3.05) is 5.32 Å². The molecule has 2 rings (SSSR count). The molecular weight excluding hydrogens is 246 g/mol. The fourth-order valence-corrected chi connectivity index (χ4v) is 1.62. The number of hydrogen-bond acceptors (Lipinski definition) is 4. The number of rotatable bonds is 3. The molecule has 0 saturated carbocycles. The number of hydrazine groups is 1. The van der Waals surface area contributed by atoms with Gasteiger partial charge in [-0.1, -0.05) is 12.1 Å². The first-order valence-electron chi connectivity index (χ1n) is 5.54. The van der Waals surface area contributed by atoms with Crippen LogP contribution < -0.4 is 16.6 Å². The summed E-state index contributed by atoms with van der Waals surface area (Å²) >= 11 is 0. The minimum Gasteiger partial charge on any atom is -0.340 e. The van der Waals surface area contributed by atoms with E-state index in [1.165, 1.54) is 6.33 Å². The van der Waals surface area contributed by atoms with Crippen molar-refractivity contribution in [1.29, 1.82) is 0 Å². The molecule has 0 unspecified atom stereocenters. The van der Waals surface area contributed by atoms with Crippen LogP contribution in [-0.2, 0) is 0 Å². The minimum absolute atomic E-state index is 0.0485. The molecule has 5 N–H and O–H groups in total. The molecule has 1 aromatic carbocycles. The lowest BCUT2D eigenvalue weighted by molar-refractivity contribution is 0.0935. The lowest BCUT2D eigenvalue weighted by atomic mass is 10.2. The molecule has 0 aliphatic heterocycles. The number of benzene rings is 1. The van der Waals surface area contributed by atoms with Crippen molar-refractivity contribution >= 4 is 17.5 Å². The van der Waals surface area contributed by atoms with Crippen molar-refractivity contribution < 1.29 is 9.59 Å². The number of imidazole rings is 1. The third kappa shape index (κ3) is 2.78. The van der Waals surface area contributed by atoms with Gasteiger partial charge >= 0.3 is 0 Å². The highest BCUT2D eigenvalue weighted by Crippen LogP contribution is 2.12. The minimum atomic E-state index is -0.629. The van der Waals surface area contributed by atoms with Crippen molar-refractivity contribution in [1.82, 2.24) is 15.4 Å². The van der Waals surface area contributed by atoms with E-state index in [-0.39, 0.29) is 11.4 Å². The van der Waals surface area contributed by atoms with Crippen LogP contribution in [0.15, 0.2) is 30.6 Å². The smallest absolute Gasteiger partial charge is 0.286 e. The number of aromatic nitrogens is 2. The Kier molecular flexibility index (Phi) is 3.58. The second-order valence-corrected chi connectivity index (χ2v) is 3.92. The van der Waals surface area contributed by atoms with Crippen LogP contribution in [0.5, 0.6) is 0 Å². The fourth-order valence-electron chi connectivity index (χ4n) is 1.62. The molecule has 19 heavy (non-hydrogen) atoms. The summed E-state index contributed by atoms with van der Waals surface area (Å²) in [5.41, 5.74) is 3.60. The Morgan fingerprint density at radius 3 is 2.79 bits per heavy atom. The lowest BCUT2D eigenvalue weighted by Crippen LogP contribution is -2.32. The number of nitrogens with two attached hydrogens (primary N) is 1. The topological polar surface area (TPSA) is 113 Å². The van der Waals surface area contributed by atoms with Crippen molar-refractivity contribution in [3.8, 4) is 0 Å². The number of aryl methyl sites for hydroxylation is 1. The average molecular weight is 259 g/mol. The van der Waals surface area contributed by atoms with E-state index in [0.717, 1.165) is 5.56 Å². The van der Waals surface area contributed by atoms with Crippen LogP contribution >= 0.6 is 0 Å². The Labute approximate surface area is 109 Å². The van der Waals surface area contributed by atoms with E-state index in [1.54, 1.807) is 6.07 Å². The molecule has 1 heterocycles. The van der Waals surface area contributed by atoms with E-state index in [9.17, 15) is 9.59 Å². The van der Waals surface area contributed by atoms with Gasteiger partial charge in [-0.25, -0.2) is 10.8 Å². The highest BCUT2D eigenvalue weighted by atomic mass is 16.2. The van der Waals surface area contributed by atoms with Gasteiger partial charge in [-0.3, -0.25) is 15.0 Å². The van der Waals surface area contributed by atoms with Gasteiger partial charge in [-0.15, -0.1) is 0 Å². The van der Waals surface area contributed by atoms with Gasteiger partial charge < -0.3 is 10.3 Å². The van der Waals surface area contributed by atoms with Gasteiger partial charge in [0.2, 0.25) is 0 Å². The maximum atomic E-state index is 12.0. The normalized spacial score (nSPS) is 10.0. The summed E-state index contributed by atoms with van der Waals surface area (Å²) in [6.07, 6.45) is 1.26. The number of H-pyrrole nitrogens is 1. The van der Waals surface area contributed by atoms with Crippen molar-refractivity contribution in [2.24, 2.45) is 5.84 Å². The van der Waals surface area contributed by atoms with E-state index in [0.29, 0.717) is 5.69 Å². The van der Waals surface area contributed by atoms with E-state index in [1.807, 2.05) is 30.5 Å². The van der Waals surface area contributed by atoms with E-state index in [2.05, 4.69) is 15.3 Å². The molecule has 0 saturated heterocycles. The molecule has 0 radical (unpaired) electrons. The van der Waals surface area contributed by atoms with Gasteiger partial charge in [0, 0.05) is 5.69 Å². The van der Waals surface area contributed by atoms with E-state index >= 15 is 0 Å². The van der Waals surface area contributed by atoms with Gasteiger partial charge in [-0.2, -0.15) is 0 Å². The molecule has 2 amide bonds. The van der Waals surface area contributed by atoms with Crippen molar-refractivity contribution in [3.05, 3.63) is 47.5 Å². The average Bonchev–Trinajstić information content (AvgIpc) is 2.87. The molecule has 98 valence electrons. The quantitative estimate of drug-likeness (QED) is 0.366. The second kappa shape index (κ2) is 5.32. The molecule has 7 nitrogen and oxygen atoms in total. The Hall–Kier alpha value is -2.67. The number of hydrogen-bond donors (Lipinski definition) is 4. The number of nitrogens with zero attached hydrogens (tertiary/aromatic N) is 1. The molecule has 2 aromatic rings. The number of carbonyl (C=O) groups is 2. The van der Waals surface area contributed by atoms with Gasteiger partial charge in [0.25, 0.3) is 11.8 Å². The van der Waals surface area contributed by atoms with Crippen LogP contribution in [0.25, 0.3) is 0 Å². The molecule has 0 spiro atoms. The zero-order chi connectivity index (χ0) is 13.8. The van der Waals surface area contributed by atoms with Crippen LogP contribution in [0.3, 0.4) is 0 Å². The summed E-state index contributed by atoms with van der Waals surface area (Å²) in [5.74, 6) is 3.93. The maximum Gasteiger partial charge on any atom is 0.286 e. The Bertz CT molecular complexity index is 620. The second-order valence-electron chi connectivity index (χ2n) is 3.92. The largest absolute Gasteiger partial charge is 0.340 e. The van der Waals surface area contributed by atoms with Crippen molar-refractivity contribution in [3.63, 3.8) is 0 Å². The number of nitrogens with one attached hydrogen (secondary N) is 3. The maximum absolute atomic E-state index is 12.0. The van der Waals surface area contributed by atoms with Crippen molar-refractivity contribution in [2.45, 2.75) is 6.92 Å². The fraction of sp³-hybridized carbons (Fsp3) is 0.0833. The summed E-state index contributed by atoms with van der Waals surface area (Å²) in [7, 11) is 0. The predicted molar refractivity (Wildman–Crippen MR) is 69.4 cm³/mol. The summed E-state index contributed by atoms with van der Waals surface area (Å²) < 4.78 is 0.